The van der Waals surface area contributed by atoms with Crippen molar-refractivity contribution in [1.82, 2.24) is 5.43 Å². The molecule has 2 aromatic carbocycles. The number of ether oxygens (including phenoxy) is 2. The first-order chi connectivity index (χ1) is 10.1. The van der Waals surface area contributed by atoms with Crippen LogP contribution in [-0.2, 0) is 0 Å². The summed E-state index contributed by atoms with van der Waals surface area (Å²) in [4.78, 5) is 0. The average molecular weight is 307 g/mol. The second kappa shape index (κ2) is 6.80. The summed E-state index contributed by atoms with van der Waals surface area (Å²) in [7, 11) is 3.24. The molecule has 1 unspecified atom stereocenters. The van der Waals surface area contributed by atoms with Crippen LogP contribution in [0.25, 0.3) is 0 Å². The molecule has 112 valence electrons. The Balaban J connectivity index is 2.64. The Morgan fingerprint density at radius 3 is 2.14 bits per heavy atom. The van der Waals surface area contributed by atoms with Crippen molar-refractivity contribution in [3.05, 3.63) is 58.1 Å². The molecule has 0 fully saturated rings. The molecule has 0 aliphatic rings. The minimum Gasteiger partial charge on any atom is -0.496 e. The summed E-state index contributed by atoms with van der Waals surface area (Å²) in [5.74, 6) is 7.21. The summed E-state index contributed by atoms with van der Waals surface area (Å²) in [5, 5.41) is 0.696. The molecule has 0 saturated carbocycles. The smallest absolute Gasteiger partial charge is 0.127 e. The lowest BCUT2D eigenvalue weighted by Gasteiger charge is -2.23. The first-order valence-electron chi connectivity index (χ1n) is 6.56. The Morgan fingerprint density at radius 2 is 1.62 bits per heavy atom. The van der Waals surface area contributed by atoms with Gasteiger partial charge in [0, 0.05) is 5.02 Å². The van der Waals surface area contributed by atoms with Crippen LogP contribution in [0.3, 0.4) is 0 Å². The van der Waals surface area contributed by atoms with Crippen LogP contribution >= 0.6 is 11.6 Å². The third-order valence-electron chi connectivity index (χ3n) is 3.54. The fourth-order valence-corrected chi connectivity index (χ4v) is 2.61. The van der Waals surface area contributed by atoms with Crippen molar-refractivity contribution in [2.75, 3.05) is 14.2 Å². The van der Waals surface area contributed by atoms with E-state index in [1.807, 2.05) is 43.3 Å². The van der Waals surface area contributed by atoms with E-state index in [0.717, 1.165) is 16.7 Å². The summed E-state index contributed by atoms with van der Waals surface area (Å²) in [5.41, 5.74) is 5.62. The zero-order valence-electron chi connectivity index (χ0n) is 12.3. The molecule has 0 radical (unpaired) electrons. The van der Waals surface area contributed by atoms with Crippen LogP contribution in [0.15, 0.2) is 36.4 Å². The van der Waals surface area contributed by atoms with Gasteiger partial charge in [-0.15, -0.1) is 0 Å². The number of benzene rings is 2. The number of halogens is 1. The van der Waals surface area contributed by atoms with Gasteiger partial charge >= 0.3 is 0 Å². The number of nitrogens with two attached hydrogens (primary N) is 1. The van der Waals surface area contributed by atoms with Crippen molar-refractivity contribution in [1.29, 1.82) is 0 Å². The highest BCUT2D eigenvalue weighted by Crippen LogP contribution is 2.38. The lowest BCUT2D eigenvalue weighted by Crippen LogP contribution is -2.30. The number of methoxy groups -OCH3 is 2. The number of hydrazine groups is 1. The van der Waals surface area contributed by atoms with Gasteiger partial charge in [0.05, 0.1) is 25.8 Å². The first-order valence-corrected chi connectivity index (χ1v) is 6.93. The van der Waals surface area contributed by atoms with Crippen LogP contribution in [0.2, 0.25) is 5.02 Å². The van der Waals surface area contributed by atoms with Gasteiger partial charge in [-0.2, -0.15) is 0 Å². The first kappa shape index (κ1) is 15.6. The van der Waals surface area contributed by atoms with Gasteiger partial charge in [0.1, 0.15) is 11.5 Å². The third-order valence-corrected chi connectivity index (χ3v) is 3.95. The molecular weight excluding hydrogens is 288 g/mol. The maximum Gasteiger partial charge on any atom is 0.127 e. The molecule has 0 spiro atoms. The van der Waals surface area contributed by atoms with Gasteiger partial charge in [0.25, 0.3) is 0 Å². The fraction of sp³-hybridized carbons (Fsp3) is 0.250. The molecule has 0 heterocycles. The zero-order valence-corrected chi connectivity index (χ0v) is 13.1. The van der Waals surface area contributed by atoms with Crippen molar-refractivity contribution in [3.63, 3.8) is 0 Å². The van der Waals surface area contributed by atoms with Crippen LogP contribution in [0, 0.1) is 6.92 Å². The third kappa shape index (κ3) is 2.97. The van der Waals surface area contributed by atoms with Crippen molar-refractivity contribution >= 4 is 11.6 Å². The van der Waals surface area contributed by atoms with Crippen LogP contribution in [0.1, 0.15) is 22.7 Å². The Bertz CT molecular complexity index is 609. The van der Waals surface area contributed by atoms with E-state index in [1.54, 1.807) is 14.2 Å². The van der Waals surface area contributed by atoms with Crippen molar-refractivity contribution in [3.8, 4) is 11.5 Å². The Hall–Kier alpha value is -1.75. The fourth-order valence-electron chi connectivity index (χ4n) is 2.43. The van der Waals surface area contributed by atoms with Gasteiger partial charge in [0.15, 0.2) is 0 Å². The zero-order chi connectivity index (χ0) is 15.4. The standard InChI is InChI=1S/C16H19ClN2O2/c1-10-11(6-4-7-12(10)17)16(19-18)15-13(20-2)8-5-9-14(15)21-3/h4-9,16,19H,18H2,1-3H3. The maximum atomic E-state index is 6.22. The van der Waals surface area contributed by atoms with Crippen LogP contribution in [-0.4, -0.2) is 14.2 Å². The van der Waals surface area contributed by atoms with Crippen molar-refractivity contribution < 1.29 is 9.47 Å². The molecule has 5 heteroatoms. The Labute approximate surface area is 129 Å². The van der Waals surface area contributed by atoms with Gasteiger partial charge in [-0.1, -0.05) is 29.8 Å². The molecule has 0 bridgehead atoms. The molecule has 1 atom stereocenters. The number of rotatable bonds is 5. The molecule has 0 aliphatic carbocycles. The van der Waals surface area contributed by atoms with Crippen LogP contribution in [0.5, 0.6) is 11.5 Å². The topological polar surface area (TPSA) is 56.5 Å². The summed E-state index contributed by atoms with van der Waals surface area (Å²) in [6.45, 7) is 1.96. The normalized spacial score (nSPS) is 12.0. The van der Waals surface area contributed by atoms with Gasteiger partial charge in [-0.25, -0.2) is 5.43 Å². The molecular formula is C16H19ClN2O2. The quantitative estimate of drug-likeness (QED) is 0.658. The van der Waals surface area contributed by atoms with E-state index in [0.29, 0.717) is 16.5 Å². The van der Waals surface area contributed by atoms with Crippen LogP contribution < -0.4 is 20.7 Å². The summed E-state index contributed by atoms with van der Waals surface area (Å²) >= 11 is 6.22. The monoisotopic (exact) mass is 306 g/mol. The summed E-state index contributed by atoms with van der Waals surface area (Å²) in [6.07, 6.45) is 0. The van der Waals surface area contributed by atoms with E-state index in [-0.39, 0.29) is 6.04 Å². The largest absolute Gasteiger partial charge is 0.496 e. The van der Waals surface area contributed by atoms with Gasteiger partial charge in [-0.3, -0.25) is 5.84 Å². The predicted molar refractivity (Wildman–Crippen MR) is 84.9 cm³/mol. The van der Waals surface area contributed by atoms with Crippen LogP contribution in [0.4, 0.5) is 0 Å². The van der Waals surface area contributed by atoms with E-state index in [4.69, 9.17) is 26.9 Å². The van der Waals surface area contributed by atoms with E-state index in [2.05, 4.69) is 5.43 Å². The summed E-state index contributed by atoms with van der Waals surface area (Å²) in [6, 6.07) is 11.1. The maximum absolute atomic E-state index is 6.22. The van der Waals surface area contributed by atoms with E-state index >= 15 is 0 Å². The van der Waals surface area contributed by atoms with E-state index in [9.17, 15) is 0 Å². The predicted octanol–water partition coefficient (Wildman–Crippen LogP) is 3.22. The van der Waals surface area contributed by atoms with Gasteiger partial charge in [0.2, 0.25) is 0 Å². The lowest BCUT2D eigenvalue weighted by atomic mass is 9.94. The highest BCUT2D eigenvalue weighted by Gasteiger charge is 2.23. The minimum absolute atomic E-state index is 0.283. The SMILES string of the molecule is COc1cccc(OC)c1C(NN)c1cccc(Cl)c1C. The Kier molecular flexibility index (Phi) is 5.07. The number of nitrogens with one attached hydrogen (secondary N) is 1. The molecule has 0 aliphatic heterocycles. The van der Waals surface area contributed by atoms with E-state index in [1.165, 1.54) is 0 Å². The van der Waals surface area contributed by atoms with Crippen molar-refractivity contribution in [2.45, 2.75) is 13.0 Å². The molecule has 21 heavy (non-hydrogen) atoms. The van der Waals surface area contributed by atoms with Crippen molar-refractivity contribution in [2.24, 2.45) is 5.84 Å². The highest BCUT2D eigenvalue weighted by molar-refractivity contribution is 6.31. The second-order valence-electron chi connectivity index (χ2n) is 4.63. The summed E-state index contributed by atoms with van der Waals surface area (Å²) < 4.78 is 10.9. The van der Waals surface area contributed by atoms with Gasteiger partial charge in [-0.05, 0) is 36.2 Å². The minimum atomic E-state index is -0.283. The molecule has 0 aromatic heterocycles. The molecule has 0 saturated heterocycles. The number of hydrogen-bond donors (Lipinski definition) is 2. The average Bonchev–Trinajstić information content (AvgIpc) is 2.52. The number of hydrogen-bond acceptors (Lipinski definition) is 4. The molecule has 2 aromatic rings. The molecule has 0 amide bonds. The van der Waals surface area contributed by atoms with E-state index < -0.39 is 0 Å². The van der Waals surface area contributed by atoms with Gasteiger partial charge < -0.3 is 9.47 Å². The molecule has 2 rings (SSSR count). The molecule has 3 N–H and O–H groups in total. The lowest BCUT2D eigenvalue weighted by molar-refractivity contribution is 0.377. The highest BCUT2D eigenvalue weighted by atomic mass is 35.5. The molecule has 4 nitrogen and oxygen atoms in total. The second-order valence-corrected chi connectivity index (χ2v) is 5.04. The Morgan fingerprint density at radius 1 is 1.05 bits per heavy atom.